The highest BCUT2D eigenvalue weighted by Crippen LogP contribution is 2.32. The number of nitrogens with one attached hydrogen (secondary N) is 1. The standard InChI is InChI=1S/C29H30N6/c1-2-8-22(9-3-1)20-35-27-13-7-6-12-26(27)30-29(35)25-11-5-4-10-23(25)17-14-21-15-18-24(19-16-21)28-31-33-34-32-28/h4-7,10-13,15-16,18-19,22H,1-3,8-9,14,17,20H2,(H,31,32,33,34). The van der Waals surface area contributed by atoms with Crippen LogP contribution in [0.2, 0.25) is 0 Å². The average molecular weight is 463 g/mol. The van der Waals surface area contributed by atoms with Crippen molar-refractivity contribution in [1.82, 2.24) is 30.2 Å². The number of para-hydroxylation sites is 2. The minimum absolute atomic E-state index is 0.624. The molecule has 0 aliphatic heterocycles. The van der Waals surface area contributed by atoms with Gasteiger partial charge in [0.25, 0.3) is 0 Å². The van der Waals surface area contributed by atoms with Crippen molar-refractivity contribution < 1.29 is 0 Å². The van der Waals surface area contributed by atoms with Gasteiger partial charge in [-0.25, -0.2) is 4.98 Å². The maximum atomic E-state index is 5.14. The largest absolute Gasteiger partial charge is 0.324 e. The molecule has 0 radical (unpaired) electrons. The van der Waals surface area contributed by atoms with E-state index in [-0.39, 0.29) is 0 Å². The molecule has 1 N–H and O–H groups in total. The van der Waals surface area contributed by atoms with Crippen molar-refractivity contribution in [3.63, 3.8) is 0 Å². The van der Waals surface area contributed by atoms with Gasteiger partial charge in [0.2, 0.25) is 5.82 Å². The van der Waals surface area contributed by atoms with E-state index in [2.05, 4.69) is 98.0 Å². The van der Waals surface area contributed by atoms with Crippen LogP contribution in [0.25, 0.3) is 33.8 Å². The van der Waals surface area contributed by atoms with Gasteiger partial charge >= 0.3 is 0 Å². The van der Waals surface area contributed by atoms with E-state index in [1.807, 2.05) is 0 Å². The van der Waals surface area contributed by atoms with E-state index in [9.17, 15) is 0 Å². The minimum atomic E-state index is 0.624. The first kappa shape index (κ1) is 21.7. The summed E-state index contributed by atoms with van der Waals surface area (Å²) >= 11 is 0. The molecule has 2 aromatic heterocycles. The normalized spacial score (nSPS) is 14.5. The molecule has 0 atom stereocenters. The van der Waals surface area contributed by atoms with Gasteiger partial charge in [-0.05, 0) is 60.1 Å². The van der Waals surface area contributed by atoms with Crippen LogP contribution >= 0.6 is 0 Å². The zero-order valence-corrected chi connectivity index (χ0v) is 19.9. The molecule has 6 heteroatoms. The van der Waals surface area contributed by atoms with Gasteiger partial charge in [-0.15, -0.1) is 10.2 Å². The SMILES string of the molecule is c1ccc(-c2nc3ccccc3n2CC2CCCCC2)c(CCc2ccc(-c3nn[nH]n3)cc2)c1. The third-order valence-corrected chi connectivity index (χ3v) is 7.32. The van der Waals surface area contributed by atoms with Crippen LogP contribution in [0, 0.1) is 5.92 Å². The summed E-state index contributed by atoms with van der Waals surface area (Å²) in [5.41, 5.74) is 7.20. The second kappa shape index (κ2) is 9.82. The zero-order chi connectivity index (χ0) is 23.5. The molecule has 0 spiro atoms. The number of aryl methyl sites for hydroxylation is 2. The number of nitrogens with zero attached hydrogens (tertiary/aromatic N) is 5. The third kappa shape index (κ3) is 4.61. The first-order chi connectivity index (χ1) is 17.3. The summed E-state index contributed by atoms with van der Waals surface area (Å²) in [4.78, 5) is 5.14. The van der Waals surface area contributed by atoms with E-state index in [1.54, 1.807) is 0 Å². The molecule has 176 valence electrons. The second-order valence-corrected chi connectivity index (χ2v) is 9.63. The van der Waals surface area contributed by atoms with Gasteiger partial charge in [0.1, 0.15) is 5.82 Å². The molecule has 1 fully saturated rings. The molecule has 1 aliphatic carbocycles. The Balaban J connectivity index is 1.28. The van der Waals surface area contributed by atoms with Gasteiger partial charge in [0.05, 0.1) is 11.0 Å². The van der Waals surface area contributed by atoms with Crippen molar-refractivity contribution >= 4 is 11.0 Å². The number of rotatable bonds is 7. The number of tetrazole rings is 1. The van der Waals surface area contributed by atoms with Crippen molar-refractivity contribution in [3.05, 3.63) is 83.9 Å². The summed E-state index contributed by atoms with van der Waals surface area (Å²) in [5, 5.41) is 14.3. The van der Waals surface area contributed by atoms with E-state index < -0.39 is 0 Å². The van der Waals surface area contributed by atoms with Gasteiger partial charge < -0.3 is 4.57 Å². The Morgan fingerprint density at radius 2 is 1.63 bits per heavy atom. The molecule has 6 rings (SSSR count). The van der Waals surface area contributed by atoms with Gasteiger partial charge in [-0.3, -0.25) is 0 Å². The molecule has 1 saturated carbocycles. The minimum Gasteiger partial charge on any atom is -0.324 e. The summed E-state index contributed by atoms with van der Waals surface area (Å²) in [7, 11) is 0. The number of aromatic nitrogens is 6. The molecule has 2 heterocycles. The highest BCUT2D eigenvalue weighted by atomic mass is 15.5. The van der Waals surface area contributed by atoms with Crippen LogP contribution < -0.4 is 0 Å². The smallest absolute Gasteiger partial charge is 0.204 e. The van der Waals surface area contributed by atoms with Crippen molar-refractivity contribution in [3.8, 4) is 22.8 Å². The number of benzene rings is 3. The van der Waals surface area contributed by atoms with E-state index in [0.717, 1.165) is 42.2 Å². The number of hydrogen-bond donors (Lipinski definition) is 1. The lowest BCUT2D eigenvalue weighted by Gasteiger charge is -2.23. The zero-order valence-electron chi connectivity index (χ0n) is 19.9. The van der Waals surface area contributed by atoms with Crippen LogP contribution in [0.1, 0.15) is 43.2 Å². The summed E-state index contributed by atoms with van der Waals surface area (Å²) < 4.78 is 2.49. The number of H-pyrrole nitrogens is 1. The highest BCUT2D eigenvalue weighted by Gasteiger charge is 2.20. The Hall–Kier alpha value is -3.80. The Bertz CT molecular complexity index is 1400. The van der Waals surface area contributed by atoms with Crippen molar-refractivity contribution in [1.29, 1.82) is 0 Å². The second-order valence-electron chi connectivity index (χ2n) is 9.63. The van der Waals surface area contributed by atoms with Crippen molar-refractivity contribution in [2.24, 2.45) is 5.92 Å². The molecule has 0 saturated heterocycles. The maximum Gasteiger partial charge on any atom is 0.204 e. The van der Waals surface area contributed by atoms with Crippen molar-refractivity contribution in [2.75, 3.05) is 0 Å². The summed E-state index contributed by atoms with van der Waals surface area (Å²) in [6, 6.07) is 25.8. The van der Waals surface area contributed by atoms with Crippen LogP contribution in [0.4, 0.5) is 0 Å². The Kier molecular flexibility index (Phi) is 6.09. The fourth-order valence-corrected chi connectivity index (χ4v) is 5.43. The summed E-state index contributed by atoms with van der Waals surface area (Å²) in [5.74, 6) is 2.48. The molecule has 35 heavy (non-hydrogen) atoms. The van der Waals surface area contributed by atoms with E-state index in [0.29, 0.717) is 5.82 Å². The topological polar surface area (TPSA) is 72.3 Å². The first-order valence-corrected chi connectivity index (χ1v) is 12.7. The van der Waals surface area contributed by atoms with Gasteiger partial charge in [-0.1, -0.05) is 79.9 Å². The Morgan fingerprint density at radius 1 is 0.829 bits per heavy atom. The van der Waals surface area contributed by atoms with Gasteiger partial charge in [-0.2, -0.15) is 5.21 Å². The summed E-state index contributed by atoms with van der Waals surface area (Å²) in [6.07, 6.45) is 8.67. The summed E-state index contributed by atoms with van der Waals surface area (Å²) in [6.45, 7) is 1.06. The maximum absolute atomic E-state index is 5.14. The van der Waals surface area contributed by atoms with Crippen molar-refractivity contribution in [2.45, 2.75) is 51.5 Å². The van der Waals surface area contributed by atoms with Gasteiger partial charge in [0, 0.05) is 17.7 Å². The van der Waals surface area contributed by atoms with Gasteiger partial charge in [0.15, 0.2) is 0 Å². The lowest BCUT2D eigenvalue weighted by atomic mass is 9.89. The van der Waals surface area contributed by atoms with Crippen LogP contribution in [-0.4, -0.2) is 30.2 Å². The van der Waals surface area contributed by atoms with Crippen LogP contribution in [-0.2, 0) is 19.4 Å². The predicted octanol–water partition coefficient (Wildman–Crippen LogP) is 6.25. The Labute approximate surface area is 205 Å². The third-order valence-electron chi connectivity index (χ3n) is 7.32. The number of hydrogen-bond acceptors (Lipinski definition) is 4. The molecule has 6 nitrogen and oxygen atoms in total. The monoisotopic (exact) mass is 462 g/mol. The molecule has 0 amide bonds. The molecule has 0 unspecified atom stereocenters. The quantitative estimate of drug-likeness (QED) is 0.310. The lowest BCUT2D eigenvalue weighted by Crippen LogP contribution is -2.15. The molecule has 1 aliphatic rings. The molecule has 5 aromatic rings. The number of aromatic amines is 1. The first-order valence-electron chi connectivity index (χ1n) is 12.7. The predicted molar refractivity (Wildman–Crippen MR) is 139 cm³/mol. The van der Waals surface area contributed by atoms with Crippen LogP contribution in [0.15, 0.2) is 72.8 Å². The average Bonchev–Trinajstić information content (AvgIpc) is 3.58. The number of fused-ring (bicyclic) bond motifs is 1. The molecule has 0 bridgehead atoms. The number of imidazole rings is 1. The van der Waals surface area contributed by atoms with Crippen LogP contribution in [0.3, 0.4) is 0 Å². The molecular formula is C29H30N6. The van der Waals surface area contributed by atoms with Crippen LogP contribution in [0.5, 0.6) is 0 Å². The highest BCUT2D eigenvalue weighted by molar-refractivity contribution is 5.81. The molecule has 3 aromatic carbocycles. The fourth-order valence-electron chi connectivity index (χ4n) is 5.43. The van der Waals surface area contributed by atoms with E-state index in [4.69, 9.17) is 4.98 Å². The van der Waals surface area contributed by atoms with E-state index in [1.165, 1.54) is 54.3 Å². The Morgan fingerprint density at radius 3 is 2.46 bits per heavy atom. The van der Waals surface area contributed by atoms with E-state index >= 15 is 0 Å². The molecular weight excluding hydrogens is 432 g/mol. The fraction of sp³-hybridized carbons (Fsp3) is 0.310. The lowest BCUT2D eigenvalue weighted by molar-refractivity contribution is 0.323.